The van der Waals surface area contributed by atoms with Crippen LogP contribution in [0.2, 0.25) is 0 Å². The van der Waals surface area contributed by atoms with Gasteiger partial charge >= 0.3 is 0 Å². The smallest absolute Gasteiger partial charge is 0.0826 e. The van der Waals surface area contributed by atoms with Crippen molar-refractivity contribution in [1.29, 1.82) is 0 Å². The Morgan fingerprint density at radius 2 is 2.13 bits per heavy atom. The largest absolute Gasteiger partial charge is 0.377 e. The number of hydrogen-bond acceptors (Lipinski definition) is 3. The average molecular weight is 212 g/mol. The highest BCUT2D eigenvalue weighted by molar-refractivity contribution is 5.16. The van der Waals surface area contributed by atoms with Crippen LogP contribution in [0.15, 0.2) is 11.6 Å². The van der Waals surface area contributed by atoms with E-state index in [1.807, 2.05) is 0 Å². The van der Waals surface area contributed by atoms with Crippen molar-refractivity contribution >= 4 is 0 Å². The number of nitrogens with two attached hydrogens (primary N) is 1. The average Bonchev–Trinajstić information content (AvgIpc) is 2.47. The molecule has 1 aliphatic rings. The van der Waals surface area contributed by atoms with Crippen LogP contribution in [-0.4, -0.2) is 18.8 Å². The van der Waals surface area contributed by atoms with E-state index in [4.69, 9.17) is 10.6 Å². The van der Waals surface area contributed by atoms with Crippen LogP contribution < -0.4 is 11.3 Å². The Morgan fingerprint density at radius 3 is 2.73 bits per heavy atom. The topological polar surface area (TPSA) is 47.3 Å². The second kappa shape index (κ2) is 5.64. The van der Waals surface area contributed by atoms with Crippen LogP contribution >= 0.6 is 0 Å². The summed E-state index contributed by atoms with van der Waals surface area (Å²) < 4.78 is 5.50. The summed E-state index contributed by atoms with van der Waals surface area (Å²) in [6.45, 7) is 4.15. The standard InChI is InChI=1S/C12H24N2O/c1-12(2,15-3)11(14-13)10-8-6-4-5-7-9-10/h8,11,14H,4-7,9,13H2,1-3H3. The fourth-order valence-electron chi connectivity index (χ4n) is 2.17. The molecule has 15 heavy (non-hydrogen) atoms. The molecule has 0 aliphatic heterocycles. The first-order valence-electron chi connectivity index (χ1n) is 5.82. The highest BCUT2D eigenvalue weighted by atomic mass is 16.5. The summed E-state index contributed by atoms with van der Waals surface area (Å²) in [5, 5.41) is 0. The molecule has 0 heterocycles. The van der Waals surface area contributed by atoms with Gasteiger partial charge in [-0.25, -0.2) is 0 Å². The highest BCUT2D eigenvalue weighted by Gasteiger charge is 2.31. The first-order valence-corrected chi connectivity index (χ1v) is 5.82. The van der Waals surface area contributed by atoms with Crippen LogP contribution in [0.1, 0.15) is 46.0 Å². The summed E-state index contributed by atoms with van der Waals surface area (Å²) in [5.41, 5.74) is 4.06. The molecular weight excluding hydrogens is 188 g/mol. The maximum absolute atomic E-state index is 5.65. The van der Waals surface area contributed by atoms with Crippen LogP contribution in [-0.2, 0) is 4.74 Å². The normalized spacial score (nSPS) is 20.7. The lowest BCUT2D eigenvalue weighted by Gasteiger charge is -2.34. The van der Waals surface area contributed by atoms with Gasteiger partial charge in [-0.05, 0) is 39.5 Å². The van der Waals surface area contributed by atoms with E-state index < -0.39 is 0 Å². The number of ether oxygens (including phenoxy) is 1. The summed E-state index contributed by atoms with van der Waals surface area (Å²) in [4.78, 5) is 0. The Bertz CT molecular complexity index is 224. The predicted octanol–water partition coefficient (Wildman–Crippen LogP) is 2.13. The summed E-state index contributed by atoms with van der Waals surface area (Å²) >= 11 is 0. The molecule has 3 N–H and O–H groups in total. The third kappa shape index (κ3) is 3.30. The molecule has 0 spiro atoms. The number of methoxy groups -OCH3 is 1. The van der Waals surface area contributed by atoms with Gasteiger partial charge in [0.1, 0.15) is 0 Å². The molecule has 0 radical (unpaired) electrons. The maximum atomic E-state index is 5.65. The molecule has 3 nitrogen and oxygen atoms in total. The first-order chi connectivity index (χ1) is 7.11. The van der Waals surface area contributed by atoms with Crippen molar-refractivity contribution in [2.75, 3.05) is 7.11 Å². The van der Waals surface area contributed by atoms with E-state index >= 15 is 0 Å². The van der Waals surface area contributed by atoms with Gasteiger partial charge in [0.25, 0.3) is 0 Å². The quantitative estimate of drug-likeness (QED) is 0.426. The number of nitrogens with one attached hydrogen (secondary N) is 1. The number of rotatable bonds is 4. The second-order valence-corrected chi connectivity index (χ2v) is 4.79. The molecule has 0 aromatic carbocycles. The van der Waals surface area contributed by atoms with E-state index in [1.54, 1.807) is 7.11 Å². The molecule has 1 unspecified atom stereocenters. The molecule has 1 aliphatic carbocycles. The van der Waals surface area contributed by atoms with Crippen LogP contribution in [0.3, 0.4) is 0 Å². The molecule has 88 valence electrons. The van der Waals surface area contributed by atoms with Gasteiger partial charge in [0.05, 0.1) is 11.6 Å². The lowest BCUT2D eigenvalue weighted by molar-refractivity contribution is -0.000878. The van der Waals surface area contributed by atoms with E-state index in [0.29, 0.717) is 0 Å². The van der Waals surface area contributed by atoms with E-state index in [9.17, 15) is 0 Å². The lowest BCUT2D eigenvalue weighted by Crippen LogP contribution is -2.52. The molecule has 1 rings (SSSR count). The van der Waals surface area contributed by atoms with Gasteiger partial charge in [-0.15, -0.1) is 0 Å². The Kier molecular flexibility index (Phi) is 4.77. The first kappa shape index (κ1) is 12.7. The summed E-state index contributed by atoms with van der Waals surface area (Å²) in [6.07, 6.45) is 8.54. The molecule has 0 saturated carbocycles. The zero-order valence-electron chi connectivity index (χ0n) is 10.2. The maximum Gasteiger partial charge on any atom is 0.0826 e. The molecule has 0 saturated heterocycles. The van der Waals surface area contributed by atoms with Gasteiger partial charge in [-0.2, -0.15) is 0 Å². The number of hydrogen-bond donors (Lipinski definition) is 2. The molecular formula is C12H24N2O. The Labute approximate surface area is 93.0 Å². The van der Waals surface area contributed by atoms with Crippen molar-refractivity contribution in [2.45, 2.75) is 57.6 Å². The van der Waals surface area contributed by atoms with Gasteiger partial charge < -0.3 is 4.74 Å². The van der Waals surface area contributed by atoms with Gasteiger partial charge in [0.15, 0.2) is 0 Å². The Hall–Kier alpha value is -0.380. The van der Waals surface area contributed by atoms with E-state index in [1.165, 1.54) is 31.3 Å². The molecule has 0 aromatic heterocycles. The zero-order chi connectivity index (χ0) is 11.3. The molecule has 1 atom stereocenters. The highest BCUT2D eigenvalue weighted by Crippen LogP contribution is 2.26. The third-order valence-electron chi connectivity index (χ3n) is 3.33. The van der Waals surface area contributed by atoms with Crippen LogP contribution in [0.5, 0.6) is 0 Å². The van der Waals surface area contributed by atoms with Crippen molar-refractivity contribution in [3.05, 3.63) is 11.6 Å². The van der Waals surface area contributed by atoms with Gasteiger partial charge in [-0.1, -0.05) is 18.1 Å². The van der Waals surface area contributed by atoms with Gasteiger partial charge in [-0.3, -0.25) is 11.3 Å². The van der Waals surface area contributed by atoms with E-state index in [0.717, 1.165) is 6.42 Å². The van der Waals surface area contributed by atoms with Crippen LogP contribution in [0.4, 0.5) is 0 Å². The van der Waals surface area contributed by atoms with Crippen molar-refractivity contribution in [2.24, 2.45) is 5.84 Å². The zero-order valence-corrected chi connectivity index (χ0v) is 10.2. The van der Waals surface area contributed by atoms with Crippen LogP contribution in [0.25, 0.3) is 0 Å². The predicted molar refractivity (Wildman–Crippen MR) is 63.4 cm³/mol. The summed E-state index contributed by atoms with van der Waals surface area (Å²) in [5.74, 6) is 5.65. The Balaban J connectivity index is 2.76. The fraction of sp³-hybridized carbons (Fsp3) is 0.833. The van der Waals surface area contributed by atoms with Crippen molar-refractivity contribution in [3.63, 3.8) is 0 Å². The SMILES string of the molecule is COC(C)(C)C(NN)C1=CCCCCC1. The fourth-order valence-corrected chi connectivity index (χ4v) is 2.17. The molecule has 0 amide bonds. The van der Waals surface area contributed by atoms with Crippen LogP contribution in [0, 0.1) is 0 Å². The number of allylic oxidation sites excluding steroid dienone is 1. The van der Waals surface area contributed by atoms with Gasteiger partial charge in [0.2, 0.25) is 0 Å². The lowest BCUT2D eigenvalue weighted by atomic mass is 9.89. The summed E-state index contributed by atoms with van der Waals surface area (Å²) in [7, 11) is 1.74. The monoisotopic (exact) mass is 212 g/mol. The van der Waals surface area contributed by atoms with E-state index in [2.05, 4.69) is 25.3 Å². The minimum absolute atomic E-state index is 0.126. The molecule has 0 bridgehead atoms. The van der Waals surface area contributed by atoms with Crippen molar-refractivity contribution in [1.82, 2.24) is 5.43 Å². The van der Waals surface area contributed by atoms with Gasteiger partial charge in [0, 0.05) is 7.11 Å². The van der Waals surface area contributed by atoms with E-state index in [-0.39, 0.29) is 11.6 Å². The summed E-state index contributed by atoms with van der Waals surface area (Å²) in [6, 6.07) is 0.126. The second-order valence-electron chi connectivity index (χ2n) is 4.79. The van der Waals surface area contributed by atoms with Crippen molar-refractivity contribution in [3.8, 4) is 0 Å². The van der Waals surface area contributed by atoms with Crippen molar-refractivity contribution < 1.29 is 4.74 Å². The third-order valence-corrected chi connectivity index (χ3v) is 3.33. The minimum Gasteiger partial charge on any atom is -0.377 e. The molecule has 0 fully saturated rings. The Morgan fingerprint density at radius 1 is 1.40 bits per heavy atom. The minimum atomic E-state index is -0.245. The molecule has 0 aromatic rings. The molecule has 3 heteroatoms. The number of hydrazine groups is 1.